The van der Waals surface area contributed by atoms with Crippen molar-refractivity contribution in [3.8, 4) is 5.75 Å². The Morgan fingerprint density at radius 2 is 2.05 bits per heavy atom. The van der Waals surface area contributed by atoms with Crippen LogP contribution in [-0.4, -0.2) is 25.5 Å². The Balaban J connectivity index is 2.07. The zero-order chi connectivity index (χ0) is 16.1. The van der Waals surface area contributed by atoms with E-state index in [1.807, 2.05) is 18.2 Å². The molecule has 1 aromatic heterocycles. The van der Waals surface area contributed by atoms with Gasteiger partial charge in [-0.15, -0.1) is 11.3 Å². The number of ketones is 1. The zero-order valence-corrected chi connectivity index (χ0v) is 13.8. The van der Waals surface area contributed by atoms with Gasteiger partial charge >= 0.3 is 5.97 Å². The van der Waals surface area contributed by atoms with Crippen LogP contribution >= 0.6 is 22.9 Å². The third-order valence-electron chi connectivity index (χ3n) is 2.94. The molecule has 116 valence electrons. The Labute approximate surface area is 137 Å². The number of thiophene rings is 1. The summed E-state index contributed by atoms with van der Waals surface area (Å²) < 4.78 is 10.3. The number of carbonyl (C=O) groups is 2. The summed E-state index contributed by atoms with van der Waals surface area (Å²) in [6.07, 6.45) is 0.654. The second kappa shape index (κ2) is 7.42. The van der Waals surface area contributed by atoms with E-state index in [-0.39, 0.29) is 5.78 Å². The molecule has 1 heterocycles. The van der Waals surface area contributed by atoms with E-state index in [9.17, 15) is 9.59 Å². The Hall–Kier alpha value is -1.85. The van der Waals surface area contributed by atoms with Crippen molar-refractivity contribution in [3.05, 3.63) is 50.7 Å². The van der Waals surface area contributed by atoms with Gasteiger partial charge in [0.25, 0.3) is 0 Å². The number of hydrogen-bond acceptors (Lipinski definition) is 5. The SMILES string of the molecule is COC(=O)c1cc(OCCc2cccc(Cl)c2)c(C(C)=O)s1. The average molecular weight is 339 g/mol. The number of ether oxygens (including phenoxy) is 2. The molecule has 0 spiro atoms. The lowest BCUT2D eigenvalue weighted by Crippen LogP contribution is -2.03. The number of methoxy groups -OCH3 is 1. The van der Waals surface area contributed by atoms with Crippen molar-refractivity contribution >= 4 is 34.7 Å². The molecule has 0 saturated heterocycles. The molecule has 2 rings (SSSR count). The summed E-state index contributed by atoms with van der Waals surface area (Å²) in [6, 6.07) is 9.05. The van der Waals surface area contributed by atoms with E-state index >= 15 is 0 Å². The van der Waals surface area contributed by atoms with Gasteiger partial charge in [0.05, 0.1) is 13.7 Å². The summed E-state index contributed by atoms with van der Waals surface area (Å²) in [5.41, 5.74) is 1.04. The Kier molecular flexibility index (Phi) is 5.57. The zero-order valence-electron chi connectivity index (χ0n) is 12.2. The molecular formula is C16H15ClO4S. The first kappa shape index (κ1) is 16.5. The van der Waals surface area contributed by atoms with E-state index in [1.165, 1.54) is 14.0 Å². The first-order valence-corrected chi connectivity index (χ1v) is 7.81. The Morgan fingerprint density at radius 3 is 2.68 bits per heavy atom. The van der Waals surface area contributed by atoms with Crippen LogP contribution < -0.4 is 4.74 Å². The normalized spacial score (nSPS) is 10.3. The lowest BCUT2D eigenvalue weighted by Gasteiger charge is -2.06. The van der Waals surface area contributed by atoms with Crippen LogP contribution in [0.2, 0.25) is 5.02 Å². The Morgan fingerprint density at radius 1 is 1.27 bits per heavy atom. The van der Waals surface area contributed by atoms with Crippen molar-refractivity contribution in [2.75, 3.05) is 13.7 Å². The van der Waals surface area contributed by atoms with E-state index in [4.69, 9.17) is 16.3 Å². The topological polar surface area (TPSA) is 52.6 Å². The molecule has 6 heteroatoms. The lowest BCUT2D eigenvalue weighted by atomic mass is 10.2. The molecule has 0 saturated carbocycles. The fourth-order valence-corrected chi connectivity index (χ4v) is 3.03. The highest BCUT2D eigenvalue weighted by Crippen LogP contribution is 2.30. The Bertz CT molecular complexity index is 693. The minimum atomic E-state index is -0.475. The molecule has 0 fully saturated rings. The average Bonchev–Trinajstić information content (AvgIpc) is 2.91. The highest BCUT2D eigenvalue weighted by Gasteiger charge is 2.18. The number of benzene rings is 1. The van der Waals surface area contributed by atoms with Crippen LogP contribution in [0.5, 0.6) is 5.75 Å². The maximum atomic E-state index is 11.6. The largest absolute Gasteiger partial charge is 0.492 e. The molecule has 0 aliphatic rings. The van der Waals surface area contributed by atoms with Gasteiger partial charge in [0.1, 0.15) is 15.5 Å². The van der Waals surface area contributed by atoms with Crippen molar-refractivity contribution in [2.45, 2.75) is 13.3 Å². The van der Waals surface area contributed by atoms with E-state index in [0.717, 1.165) is 16.9 Å². The maximum Gasteiger partial charge on any atom is 0.348 e. The predicted molar refractivity (Wildman–Crippen MR) is 86.3 cm³/mol. The van der Waals surface area contributed by atoms with Gasteiger partial charge in [-0.25, -0.2) is 4.79 Å². The van der Waals surface area contributed by atoms with Crippen LogP contribution in [0.15, 0.2) is 30.3 Å². The molecule has 0 bridgehead atoms. The van der Waals surface area contributed by atoms with Gasteiger partial charge < -0.3 is 9.47 Å². The number of Topliss-reactive ketones (excluding diaryl/α,β-unsaturated/α-hetero) is 1. The van der Waals surface area contributed by atoms with Gasteiger partial charge in [-0.1, -0.05) is 23.7 Å². The van der Waals surface area contributed by atoms with Crippen LogP contribution in [0.1, 0.15) is 31.8 Å². The minimum Gasteiger partial charge on any atom is -0.492 e. The molecule has 4 nitrogen and oxygen atoms in total. The molecule has 22 heavy (non-hydrogen) atoms. The fourth-order valence-electron chi connectivity index (χ4n) is 1.90. The molecular weight excluding hydrogens is 324 g/mol. The van der Waals surface area contributed by atoms with Gasteiger partial charge in [0.2, 0.25) is 0 Å². The number of rotatable bonds is 6. The first-order chi connectivity index (χ1) is 10.5. The van der Waals surface area contributed by atoms with Crippen molar-refractivity contribution in [1.82, 2.24) is 0 Å². The highest BCUT2D eigenvalue weighted by atomic mass is 35.5. The molecule has 1 aromatic carbocycles. The summed E-state index contributed by atoms with van der Waals surface area (Å²) >= 11 is 7.01. The van der Waals surface area contributed by atoms with E-state index in [1.54, 1.807) is 12.1 Å². The molecule has 0 aliphatic heterocycles. The second-order valence-corrected chi connectivity index (χ2v) is 6.07. The first-order valence-electron chi connectivity index (χ1n) is 6.61. The second-order valence-electron chi connectivity index (χ2n) is 4.58. The third kappa shape index (κ3) is 4.08. The van der Waals surface area contributed by atoms with Crippen LogP contribution in [-0.2, 0) is 11.2 Å². The third-order valence-corrected chi connectivity index (χ3v) is 4.37. The smallest absolute Gasteiger partial charge is 0.348 e. The van der Waals surface area contributed by atoms with Gasteiger partial charge in [-0.05, 0) is 17.7 Å². The summed E-state index contributed by atoms with van der Waals surface area (Å²) in [4.78, 5) is 23.9. The number of halogens is 1. The molecule has 2 aromatic rings. The molecule has 0 amide bonds. The summed E-state index contributed by atoms with van der Waals surface area (Å²) in [5, 5.41) is 0.672. The summed E-state index contributed by atoms with van der Waals surface area (Å²) in [5.74, 6) is -0.199. The van der Waals surface area contributed by atoms with Crippen LogP contribution in [0, 0.1) is 0 Å². The van der Waals surface area contributed by atoms with Gasteiger partial charge in [-0.3, -0.25) is 4.79 Å². The van der Waals surface area contributed by atoms with Crippen molar-refractivity contribution in [1.29, 1.82) is 0 Å². The maximum absolute atomic E-state index is 11.6. The van der Waals surface area contributed by atoms with Crippen LogP contribution in [0.3, 0.4) is 0 Å². The van der Waals surface area contributed by atoms with E-state index in [2.05, 4.69) is 4.74 Å². The molecule has 0 unspecified atom stereocenters. The molecule has 0 aliphatic carbocycles. The predicted octanol–water partition coefficient (Wildman–Crippen LogP) is 4.01. The minimum absolute atomic E-state index is 0.141. The number of esters is 1. The van der Waals surface area contributed by atoms with Crippen molar-refractivity contribution < 1.29 is 19.1 Å². The standard InChI is InChI=1S/C16H15ClO4S/c1-10(18)15-13(9-14(22-15)16(19)20-2)21-7-6-11-4-3-5-12(17)8-11/h3-5,8-9H,6-7H2,1-2H3. The van der Waals surface area contributed by atoms with Crippen LogP contribution in [0.4, 0.5) is 0 Å². The number of carbonyl (C=O) groups excluding carboxylic acids is 2. The van der Waals surface area contributed by atoms with Gasteiger partial charge in [0, 0.05) is 24.4 Å². The fraction of sp³-hybridized carbons (Fsp3) is 0.250. The molecule has 0 N–H and O–H groups in total. The van der Waals surface area contributed by atoms with E-state index in [0.29, 0.717) is 33.6 Å². The monoisotopic (exact) mass is 338 g/mol. The van der Waals surface area contributed by atoms with Gasteiger partial charge in [-0.2, -0.15) is 0 Å². The van der Waals surface area contributed by atoms with Crippen molar-refractivity contribution in [2.24, 2.45) is 0 Å². The number of hydrogen-bond donors (Lipinski definition) is 0. The summed E-state index contributed by atoms with van der Waals surface area (Å²) in [7, 11) is 1.30. The van der Waals surface area contributed by atoms with Gasteiger partial charge in [0.15, 0.2) is 5.78 Å². The molecule has 0 radical (unpaired) electrons. The molecule has 0 atom stereocenters. The van der Waals surface area contributed by atoms with Crippen molar-refractivity contribution in [3.63, 3.8) is 0 Å². The highest BCUT2D eigenvalue weighted by molar-refractivity contribution is 7.16. The summed E-state index contributed by atoms with van der Waals surface area (Å²) in [6.45, 7) is 1.83. The quantitative estimate of drug-likeness (QED) is 0.590. The van der Waals surface area contributed by atoms with Crippen LogP contribution in [0.25, 0.3) is 0 Å². The lowest BCUT2D eigenvalue weighted by molar-refractivity contribution is 0.0606. The van der Waals surface area contributed by atoms with E-state index < -0.39 is 5.97 Å².